The number of nitrogens with two attached hydrogens (primary N) is 1. The van der Waals surface area contributed by atoms with E-state index in [9.17, 15) is 5.26 Å². The third-order valence-corrected chi connectivity index (χ3v) is 7.93. The number of nitriles is 1. The summed E-state index contributed by atoms with van der Waals surface area (Å²) in [7, 11) is 0. The Labute approximate surface area is 142 Å². The van der Waals surface area contributed by atoms with E-state index in [1.807, 2.05) is 23.9 Å². The van der Waals surface area contributed by atoms with Crippen LogP contribution in [0.4, 0.5) is 0 Å². The van der Waals surface area contributed by atoms with Gasteiger partial charge in [0.1, 0.15) is 0 Å². The molecule has 5 heteroatoms. The van der Waals surface area contributed by atoms with Crippen LogP contribution < -0.4 is 5.73 Å². The normalized spacial score (nSPS) is 24.9. The summed E-state index contributed by atoms with van der Waals surface area (Å²) in [5.41, 5.74) is 8.15. The molecule has 2 aliphatic rings. The fourth-order valence-corrected chi connectivity index (χ4v) is 6.78. The highest BCUT2D eigenvalue weighted by atomic mass is 79.9. The lowest BCUT2D eigenvalue weighted by Gasteiger charge is -2.42. The van der Waals surface area contributed by atoms with Crippen molar-refractivity contribution in [1.29, 1.82) is 5.26 Å². The van der Waals surface area contributed by atoms with Gasteiger partial charge in [-0.1, -0.05) is 59.1 Å². The van der Waals surface area contributed by atoms with E-state index >= 15 is 0 Å². The standard InChI is InChI=1S/C16H17BrN2S2/c17-12-6-4-11(5-7-12)14-13(10-18)15(19)21-16(20-14)8-2-1-3-9-16/h4-7,14H,1-3,8-9,19H2. The van der Waals surface area contributed by atoms with Crippen LogP contribution in [-0.4, -0.2) is 4.08 Å². The number of halogens is 1. The molecule has 0 radical (unpaired) electrons. The maximum absolute atomic E-state index is 9.51. The highest BCUT2D eigenvalue weighted by Crippen LogP contribution is 2.60. The van der Waals surface area contributed by atoms with Crippen LogP contribution in [0.1, 0.15) is 42.9 Å². The van der Waals surface area contributed by atoms with E-state index in [0.717, 1.165) is 15.1 Å². The summed E-state index contributed by atoms with van der Waals surface area (Å²) >= 11 is 7.14. The van der Waals surface area contributed by atoms with Gasteiger partial charge in [0.25, 0.3) is 0 Å². The van der Waals surface area contributed by atoms with Crippen LogP contribution in [0.15, 0.2) is 39.3 Å². The summed E-state index contributed by atoms with van der Waals surface area (Å²) in [6.45, 7) is 0. The minimum absolute atomic E-state index is 0.0717. The Hall–Kier alpha value is -0.570. The summed E-state index contributed by atoms with van der Waals surface area (Å²) in [6.07, 6.45) is 6.23. The topological polar surface area (TPSA) is 49.8 Å². The number of rotatable bonds is 1. The molecular weight excluding hydrogens is 364 g/mol. The largest absolute Gasteiger partial charge is 0.393 e. The lowest BCUT2D eigenvalue weighted by atomic mass is 9.99. The molecule has 21 heavy (non-hydrogen) atoms. The predicted octanol–water partition coefficient (Wildman–Crippen LogP) is 5.32. The van der Waals surface area contributed by atoms with Crippen molar-refractivity contribution in [3.8, 4) is 6.07 Å². The second kappa shape index (κ2) is 6.28. The lowest BCUT2D eigenvalue weighted by molar-refractivity contribution is 0.489. The van der Waals surface area contributed by atoms with E-state index in [1.165, 1.54) is 37.7 Å². The molecule has 1 unspecified atom stereocenters. The van der Waals surface area contributed by atoms with Gasteiger partial charge in [-0.3, -0.25) is 0 Å². The molecule has 1 aliphatic heterocycles. The molecule has 0 aromatic heterocycles. The molecule has 1 heterocycles. The molecule has 1 aliphatic carbocycles. The van der Waals surface area contributed by atoms with Crippen molar-refractivity contribution in [3.05, 3.63) is 44.9 Å². The van der Waals surface area contributed by atoms with E-state index in [1.54, 1.807) is 11.8 Å². The first-order valence-electron chi connectivity index (χ1n) is 7.16. The SMILES string of the molecule is N#CC1=C(N)SC2(CCCCC2)SC1c1ccc(Br)cc1. The van der Waals surface area contributed by atoms with Crippen LogP contribution in [-0.2, 0) is 0 Å². The van der Waals surface area contributed by atoms with Crippen molar-refractivity contribution in [3.63, 3.8) is 0 Å². The Balaban J connectivity index is 1.98. The molecule has 1 spiro atoms. The first-order chi connectivity index (χ1) is 10.1. The van der Waals surface area contributed by atoms with Gasteiger partial charge >= 0.3 is 0 Å². The smallest absolute Gasteiger partial charge is 0.0990 e. The average molecular weight is 381 g/mol. The zero-order valence-corrected chi connectivity index (χ0v) is 14.9. The van der Waals surface area contributed by atoms with Gasteiger partial charge in [0.15, 0.2) is 0 Å². The van der Waals surface area contributed by atoms with Crippen LogP contribution in [0.3, 0.4) is 0 Å². The van der Waals surface area contributed by atoms with E-state index in [4.69, 9.17) is 5.73 Å². The van der Waals surface area contributed by atoms with Crippen LogP contribution in [0.5, 0.6) is 0 Å². The van der Waals surface area contributed by atoms with Gasteiger partial charge in [0.2, 0.25) is 0 Å². The average Bonchev–Trinajstić information content (AvgIpc) is 2.48. The first kappa shape index (κ1) is 15.3. The van der Waals surface area contributed by atoms with Crippen molar-refractivity contribution in [1.82, 2.24) is 0 Å². The molecule has 110 valence electrons. The second-order valence-electron chi connectivity index (χ2n) is 5.51. The summed E-state index contributed by atoms with van der Waals surface area (Å²) in [5, 5.41) is 10.3. The van der Waals surface area contributed by atoms with Gasteiger partial charge in [-0.05, 0) is 30.5 Å². The molecule has 1 fully saturated rings. The zero-order valence-electron chi connectivity index (χ0n) is 11.6. The Bertz CT molecular complexity index is 598. The third kappa shape index (κ3) is 3.13. The van der Waals surface area contributed by atoms with Crippen molar-refractivity contribution >= 4 is 39.5 Å². The lowest BCUT2D eigenvalue weighted by Crippen LogP contribution is -2.30. The van der Waals surface area contributed by atoms with Crippen LogP contribution in [0.25, 0.3) is 0 Å². The van der Waals surface area contributed by atoms with Gasteiger partial charge in [-0.15, -0.1) is 11.8 Å². The van der Waals surface area contributed by atoms with Gasteiger partial charge in [0.05, 0.1) is 26.0 Å². The minimum Gasteiger partial charge on any atom is -0.393 e. The van der Waals surface area contributed by atoms with E-state index in [2.05, 4.69) is 34.1 Å². The number of benzene rings is 1. The highest BCUT2D eigenvalue weighted by molar-refractivity contribution is 9.10. The molecule has 0 amide bonds. The van der Waals surface area contributed by atoms with E-state index in [0.29, 0.717) is 0 Å². The molecule has 0 saturated heterocycles. The number of hydrogen-bond donors (Lipinski definition) is 1. The maximum atomic E-state index is 9.51. The fraction of sp³-hybridized carbons (Fsp3) is 0.438. The minimum atomic E-state index is 0.0717. The number of hydrogen-bond acceptors (Lipinski definition) is 4. The number of thioether (sulfide) groups is 2. The summed E-state index contributed by atoms with van der Waals surface area (Å²) < 4.78 is 1.23. The van der Waals surface area contributed by atoms with Crippen molar-refractivity contribution in [2.45, 2.75) is 41.4 Å². The van der Waals surface area contributed by atoms with Crippen molar-refractivity contribution in [2.24, 2.45) is 5.73 Å². The summed E-state index contributed by atoms with van der Waals surface area (Å²) in [6, 6.07) is 10.6. The Morgan fingerprint density at radius 2 is 1.86 bits per heavy atom. The van der Waals surface area contributed by atoms with Gasteiger partial charge < -0.3 is 5.73 Å². The quantitative estimate of drug-likeness (QED) is 0.715. The van der Waals surface area contributed by atoms with Gasteiger partial charge in [-0.25, -0.2) is 0 Å². The van der Waals surface area contributed by atoms with Crippen molar-refractivity contribution in [2.75, 3.05) is 0 Å². The molecular formula is C16H17BrN2S2. The van der Waals surface area contributed by atoms with Crippen LogP contribution >= 0.6 is 39.5 Å². The second-order valence-corrected chi connectivity index (χ2v) is 9.60. The first-order valence-corrected chi connectivity index (χ1v) is 9.64. The molecule has 1 aromatic rings. The van der Waals surface area contributed by atoms with E-state index in [-0.39, 0.29) is 9.33 Å². The molecule has 2 nitrogen and oxygen atoms in total. The summed E-state index contributed by atoms with van der Waals surface area (Å²) in [4.78, 5) is 0. The Morgan fingerprint density at radius 1 is 1.19 bits per heavy atom. The molecule has 0 bridgehead atoms. The van der Waals surface area contributed by atoms with E-state index < -0.39 is 0 Å². The zero-order chi connectivity index (χ0) is 14.9. The van der Waals surface area contributed by atoms with Crippen molar-refractivity contribution < 1.29 is 0 Å². The van der Waals surface area contributed by atoms with Gasteiger partial charge in [-0.2, -0.15) is 5.26 Å². The Kier molecular flexibility index (Phi) is 4.58. The number of nitrogens with zero attached hydrogens (tertiary/aromatic N) is 1. The molecule has 1 aromatic carbocycles. The van der Waals surface area contributed by atoms with Gasteiger partial charge in [0, 0.05) is 4.47 Å². The maximum Gasteiger partial charge on any atom is 0.0990 e. The molecule has 1 saturated carbocycles. The third-order valence-electron chi connectivity index (χ3n) is 4.06. The molecule has 2 N–H and O–H groups in total. The summed E-state index contributed by atoms with van der Waals surface area (Å²) in [5.74, 6) is 0. The molecule has 3 rings (SSSR count). The van der Waals surface area contributed by atoms with Crippen LogP contribution in [0, 0.1) is 11.3 Å². The highest BCUT2D eigenvalue weighted by Gasteiger charge is 2.42. The van der Waals surface area contributed by atoms with Crippen LogP contribution in [0.2, 0.25) is 0 Å². The molecule has 1 atom stereocenters. The predicted molar refractivity (Wildman–Crippen MR) is 94.7 cm³/mol. The monoisotopic (exact) mass is 380 g/mol. The Morgan fingerprint density at radius 3 is 2.48 bits per heavy atom. The fourth-order valence-electron chi connectivity index (χ4n) is 2.98.